The Balaban J connectivity index is 0.00000241. The molecule has 178 valence electrons. The highest BCUT2D eigenvalue weighted by molar-refractivity contribution is 5.94. The molecular formula is C23H26FN7O3. The van der Waals surface area contributed by atoms with E-state index >= 15 is 0 Å². The molecule has 2 aromatic carbocycles. The number of hydrogen-bond donors (Lipinski definition) is 2. The summed E-state index contributed by atoms with van der Waals surface area (Å²) in [6.45, 7) is 4.20. The molecule has 0 radical (unpaired) electrons. The molecule has 0 spiro atoms. The lowest BCUT2D eigenvalue weighted by Crippen LogP contribution is -2.37. The first-order valence-electron chi connectivity index (χ1n) is 11.0. The first-order chi connectivity index (χ1) is 16.1. The van der Waals surface area contributed by atoms with E-state index in [2.05, 4.69) is 15.0 Å². The molecule has 0 aliphatic carbocycles. The van der Waals surface area contributed by atoms with Crippen molar-refractivity contribution in [1.29, 1.82) is 0 Å². The second-order valence-corrected chi connectivity index (χ2v) is 8.26. The van der Waals surface area contributed by atoms with Crippen LogP contribution in [0.3, 0.4) is 0 Å². The van der Waals surface area contributed by atoms with E-state index in [1.165, 1.54) is 6.07 Å². The van der Waals surface area contributed by atoms with Crippen molar-refractivity contribution in [3.8, 4) is 11.5 Å². The van der Waals surface area contributed by atoms with E-state index in [-0.39, 0.29) is 24.7 Å². The molecule has 4 heterocycles. The minimum absolute atomic E-state index is 0. The number of nitrogen functional groups attached to an aromatic ring is 1. The largest absolute Gasteiger partial charge is 0.454 e. The summed E-state index contributed by atoms with van der Waals surface area (Å²) in [7, 11) is 0. The third kappa shape index (κ3) is 4.09. The topological polar surface area (TPSA) is 135 Å². The lowest BCUT2D eigenvalue weighted by atomic mass is 10.0. The molecule has 4 aromatic rings. The van der Waals surface area contributed by atoms with Gasteiger partial charge in [0, 0.05) is 37.5 Å². The Bertz CT molecular complexity index is 1350. The summed E-state index contributed by atoms with van der Waals surface area (Å²) in [6.07, 6.45) is 1.12. The van der Waals surface area contributed by atoms with Gasteiger partial charge in [-0.15, -0.1) is 5.10 Å². The minimum Gasteiger partial charge on any atom is -0.454 e. The summed E-state index contributed by atoms with van der Waals surface area (Å²) < 4.78 is 32.6. The molecular weight excluding hydrogens is 441 g/mol. The fraction of sp³-hybridized carbons (Fsp3) is 0.348. The zero-order valence-electron chi connectivity index (χ0n) is 18.7. The summed E-state index contributed by atoms with van der Waals surface area (Å²) in [6, 6.07) is 8.74. The molecule has 10 nitrogen and oxygen atoms in total. The van der Waals surface area contributed by atoms with Gasteiger partial charge in [0.1, 0.15) is 11.6 Å². The van der Waals surface area contributed by atoms with Crippen LogP contribution in [0.25, 0.3) is 16.6 Å². The van der Waals surface area contributed by atoms with Gasteiger partial charge in [0.2, 0.25) is 12.7 Å². The Morgan fingerprint density at radius 3 is 2.71 bits per heavy atom. The van der Waals surface area contributed by atoms with E-state index in [0.717, 1.165) is 49.4 Å². The van der Waals surface area contributed by atoms with Crippen LogP contribution in [0.15, 0.2) is 30.3 Å². The number of nitrogens with zero attached hydrogens (tertiary/aromatic N) is 5. The molecule has 6 rings (SSSR count). The van der Waals surface area contributed by atoms with E-state index in [4.69, 9.17) is 24.9 Å². The first kappa shape index (κ1) is 22.3. The SMILES string of the molecule is N.Nc1nc2c3c(CCN4CCOCC4)cc(F)cc3nc(Cc3ccc4c(c3)OCO4)n2n1. The number of nitrogens with two attached hydrogens (primary N) is 1. The van der Waals surface area contributed by atoms with Crippen LogP contribution in [-0.2, 0) is 17.6 Å². The van der Waals surface area contributed by atoms with E-state index in [9.17, 15) is 4.39 Å². The fourth-order valence-corrected chi connectivity index (χ4v) is 4.50. The molecule has 0 bridgehead atoms. The Labute approximate surface area is 195 Å². The van der Waals surface area contributed by atoms with Crippen LogP contribution in [0.4, 0.5) is 10.3 Å². The second-order valence-electron chi connectivity index (χ2n) is 8.26. The van der Waals surface area contributed by atoms with Crippen molar-refractivity contribution in [2.45, 2.75) is 12.8 Å². The number of morpholine rings is 1. The van der Waals surface area contributed by atoms with Crippen molar-refractivity contribution in [3.05, 3.63) is 53.1 Å². The average Bonchev–Trinajstić information content (AvgIpc) is 3.44. The van der Waals surface area contributed by atoms with Crippen LogP contribution in [-0.4, -0.2) is 64.1 Å². The van der Waals surface area contributed by atoms with Gasteiger partial charge in [-0.2, -0.15) is 9.50 Å². The minimum atomic E-state index is -0.321. The van der Waals surface area contributed by atoms with Gasteiger partial charge in [0.15, 0.2) is 17.1 Å². The molecule has 2 aliphatic rings. The summed E-state index contributed by atoms with van der Waals surface area (Å²) >= 11 is 0. The third-order valence-electron chi connectivity index (χ3n) is 6.11. The monoisotopic (exact) mass is 467 g/mol. The summed E-state index contributed by atoms with van der Waals surface area (Å²) in [5.41, 5.74) is 8.92. The Morgan fingerprint density at radius 1 is 1.03 bits per heavy atom. The molecule has 1 saturated heterocycles. The van der Waals surface area contributed by atoms with Gasteiger partial charge in [-0.1, -0.05) is 6.07 Å². The zero-order valence-corrected chi connectivity index (χ0v) is 18.7. The smallest absolute Gasteiger partial charge is 0.240 e. The first-order valence-corrected chi connectivity index (χ1v) is 11.0. The Hall–Kier alpha value is -3.54. The quantitative estimate of drug-likeness (QED) is 0.453. The second kappa shape index (κ2) is 9.01. The number of halogens is 1. The van der Waals surface area contributed by atoms with Crippen molar-refractivity contribution in [1.82, 2.24) is 30.6 Å². The van der Waals surface area contributed by atoms with Crippen molar-refractivity contribution in [2.24, 2.45) is 0 Å². The van der Waals surface area contributed by atoms with Crippen LogP contribution < -0.4 is 21.4 Å². The molecule has 2 aliphatic heterocycles. The summed E-state index contributed by atoms with van der Waals surface area (Å²) in [5.74, 6) is 1.86. The van der Waals surface area contributed by atoms with Gasteiger partial charge >= 0.3 is 0 Å². The highest BCUT2D eigenvalue weighted by Crippen LogP contribution is 2.33. The van der Waals surface area contributed by atoms with Crippen LogP contribution >= 0.6 is 0 Å². The number of aromatic nitrogens is 4. The number of benzene rings is 2. The average molecular weight is 468 g/mol. The van der Waals surface area contributed by atoms with Crippen molar-refractivity contribution in [2.75, 3.05) is 45.4 Å². The number of ether oxygens (including phenoxy) is 3. The number of hydrogen-bond acceptors (Lipinski definition) is 9. The van der Waals surface area contributed by atoms with Crippen LogP contribution in [0, 0.1) is 5.82 Å². The normalized spacial score (nSPS) is 15.7. The Morgan fingerprint density at radius 2 is 1.85 bits per heavy atom. The molecule has 2 aromatic heterocycles. The van der Waals surface area contributed by atoms with E-state index in [1.807, 2.05) is 18.2 Å². The highest BCUT2D eigenvalue weighted by atomic mass is 19.1. The van der Waals surface area contributed by atoms with Gasteiger partial charge in [-0.05, 0) is 35.7 Å². The predicted octanol–water partition coefficient (Wildman–Crippen LogP) is 2.35. The van der Waals surface area contributed by atoms with Gasteiger partial charge in [0.25, 0.3) is 0 Å². The molecule has 1 fully saturated rings. The van der Waals surface area contributed by atoms with E-state index in [0.29, 0.717) is 41.3 Å². The third-order valence-corrected chi connectivity index (χ3v) is 6.11. The van der Waals surface area contributed by atoms with Gasteiger partial charge in [-0.3, -0.25) is 4.90 Å². The number of fused-ring (bicyclic) bond motifs is 4. The maximum Gasteiger partial charge on any atom is 0.240 e. The van der Waals surface area contributed by atoms with Gasteiger partial charge < -0.3 is 26.1 Å². The van der Waals surface area contributed by atoms with Crippen LogP contribution in [0.1, 0.15) is 17.0 Å². The van der Waals surface area contributed by atoms with E-state index < -0.39 is 0 Å². The number of anilines is 1. The van der Waals surface area contributed by atoms with Gasteiger partial charge in [0.05, 0.1) is 18.7 Å². The van der Waals surface area contributed by atoms with Crippen LogP contribution in [0.2, 0.25) is 0 Å². The van der Waals surface area contributed by atoms with Crippen LogP contribution in [0.5, 0.6) is 11.5 Å². The lowest BCUT2D eigenvalue weighted by Gasteiger charge is -2.26. The maximum absolute atomic E-state index is 14.6. The molecule has 0 saturated carbocycles. The molecule has 5 N–H and O–H groups in total. The standard InChI is InChI=1S/C23H23FN6O3.H3N/c24-16-11-15(3-4-29-5-7-31-8-6-29)21-17(12-16)26-20(30-22(21)27-23(25)28-30)10-14-1-2-18-19(9-14)33-13-32-18;/h1-2,9,11-12H,3-8,10,13H2,(H2,25,28);1H3. The molecule has 0 atom stereocenters. The van der Waals surface area contributed by atoms with Gasteiger partial charge in [-0.25, -0.2) is 9.37 Å². The molecule has 0 unspecified atom stereocenters. The maximum atomic E-state index is 14.6. The molecule has 34 heavy (non-hydrogen) atoms. The highest BCUT2D eigenvalue weighted by Gasteiger charge is 2.19. The Kier molecular flexibility index (Phi) is 5.90. The molecule has 0 amide bonds. The van der Waals surface area contributed by atoms with Crippen molar-refractivity contribution < 1.29 is 18.6 Å². The van der Waals surface area contributed by atoms with E-state index in [1.54, 1.807) is 10.6 Å². The molecule has 11 heteroatoms. The predicted molar refractivity (Wildman–Crippen MR) is 124 cm³/mol. The summed E-state index contributed by atoms with van der Waals surface area (Å²) in [4.78, 5) is 11.6. The lowest BCUT2D eigenvalue weighted by molar-refractivity contribution is 0.0385. The number of rotatable bonds is 5. The fourth-order valence-electron chi connectivity index (χ4n) is 4.50. The zero-order chi connectivity index (χ0) is 22.4. The van der Waals surface area contributed by atoms with Crippen molar-refractivity contribution >= 4 is 22.5 Å². The van der Waals surface area contributed by atoms with Crippen molar-refractivity contribution in [3.63, 3.8) is 0 Å². The summed E-state index contributed by atoms with van der Waals surface area (Å²) in [5, 5.41) is 5.17.